The molecule has 22 heavy (non-hydrogen) atoms. The van der Waals surface area contributed by atoms with Crippen LogP contribution in [0.2, 0.25) is 0 Å². The Morgan fingerprint density at radius 3 is 2.82 bits per heavy atom. The molecule has 1 aromatic heterocycles. The number of anilines is 1. The molecular weight excluding hydrogens is 286 g/mol. The molecule has 1 aromatic carbocycles. The van der Waals surface area contributed by atoms with E-state index in [2.05, 4.69) is 15.6 Å². The average molecular weight is 307 g/mol. The summed E-state index contributed by atoms with van der Waals surface area (Å²) in [5.74, 6) is -0.480. The van der Waals surface area contributed by atoms with Crippen molar-refractivity contribution >= 4 is 22.9 Å². The molecule has 1 amide bonds. The van der Waals surface area contributed by atoms with Gasteiger partial charge >= 0.3 is 11.8 Å². The van der Waals surface area contributed by atoms with Gasteiger partial charge in [-0.2, -0.15) is 0 Å². The summed E-state index contributed by atoms with van der Waals surface area (Å²) in [7, 11) is 0. The molecule has 1 atom stereocenters. The standard InChI is InChI=1S/C15H21N3O4/c1-9(8-16-13(19)22-15(2,3)4)17-10-5-6-12-11(7-10)18-14(20)21-12/h5-7,9,17H,8H2,1-4H3,(H,16,19)(H,18,20). The molecular formula is C15H21N3O4. The maximum atomic E-state index is 11.6. The van der Waals surface area contributed by atoms with E-state index >= 15 is 0 Å². The summed E-state index contributed by atoms with van der Waals surface area (Å²) in [5.41, 5.74) is 1.44. The monoisotopic (exact) mass is 307 g/mol. The number of H-pyrrole nitrogens is 1. The number of carbonyl (C=O) groups is 1. The summed E-state index contributed by atoms with van der Waals surface area (Å²) in [5, 5.41) is 5.93. The van der Waals surface area contributed by atoms with Crippen LogP contribution < -0.4 is 16.4 Å². The Hall–Kier alpha value is -2.44. The van der Waals surface area contributed by atoms with Crippen LogP contribution in [0.5, 0.6) is 0 Å². The number of benzene rings is 1. The maximum Gasteiger partial charge on any atom is 0.417 e. The van der Waals surface area contributed by atoms with Gasteiger partial charge in [-0.15, -0.1) is 0 Å². The number of hydrogen-bond donors (Lipinski definition) is 3. The summed E-state index contributed by atoms with van der Waals surface area (Å²) < 4.78 is 10.1. The topological polar surface area (TPSA) is 96.4 Å². The Morgan fingerprint density at radius 1 is 1.41 bits per heavy atom. The van der Waals surface area contributed by atoms with Gasteiger partial charge in [-0.3, -0.25) is 4.98 Å². The number of nitrogens with one attached hydrogen (secondary N) is 3. The minimum atomic E-state index is -0.515. The number of amides is 1. The quantitative estimate of drug-likeness (QED) is 0.806. The minimum absolute atomic E-state index is 0.0106. The van der Waals surface area contributed by atoms with Crippen molar-refractivity contribution in [3.8, 4) is 0 Å². The number of aromatic amines is 1. The van der Waals surface area contributed by atoms with Crippen molar-refractivity contribution in [3.63, 3.8) is 0 Å². The van der Waals surface area contributed by atoms with E-state index < -0.39 is 17.5 Å². The molecule has 2 rings (SSSR count). The summed E-state index contributed by atoms with van der Waals surface area (Å²) in [6.45, 7) is 7.79. The van der Waals surface area contributed by atoms with E-state index in [0.29, 0.717) is 17.6 Å². The fraction of sp³-hybridized carbons (Fsp3) is 0.467. The van der Waals surface area contributed by atoms with Crippen molar-refractivity contribution in [2.24, 2.45) is 0 Å². The molecule has 0 saturated heterocycles. The van der Waals surface area contributed by atoms with Crippen molar-refractivity contribution in [2.45, 2.75) is 39.3 Å². The third-order valence-corrected chi connectivity index (χ3v) is 2.78. The Balaban J connectivity index is 1.89. The molecule has 2 aromatic rings. The van der Waals surface area contributed by atoms with Crippen molar-refractivity contribution in [2.75, 3.05) is 11.9 Å². The number of fused-ring (bicyclic) bond motifs is 1. The molecule has 7 heteroatoms. The average Bonchev–Trinajstić information content (AvgIpc) is 2.74. The molecule has 0 aliphatic carbocycles. The highest BCUT2D eigenvalue weighted by atomic mass is 16.6. The first-order valence-electron chi connectivity index (χ1n) is 7.09. The van der Waals surface area contributed by atoms with E-state index in [4.69, 9.17) is 9.15 Å². The summed E-state index contributed by atoms with van der Waals surface area (Å²) in [6, 6.07) is 5.29. The highest BCUT2D eigenvalue weighted by Gasteiger charge is 2.16. The molecule has 1 unspecified atom stereocenters. The highest BCUT2D eigenvalue weighted by Crippen LogP contribution is 2.16. The van der Waals surface area contributed by atoms with E-state index in [1.807, 2.05) is 33.8 Å². The lowest BCUT2D eigenvalue weighted by atomic mass is 10.2. The lowest BCUT2D eigenvalue weighted by Crippen LogP contribution is -2.38. The second-order valence-electron chi connectivity index (χ2n) is 6.15. The summed E-state index contributed by atoms with van der Waals surface area (Å²) in [4.78, 5) is 25.3. The SMILES string of the molecule is CC(CNC(=O)OC(C)(C)C)Nc1ccc2oc(=O)[nH]c2c1. The smallest absolute Gasteiger partial charge is 0.417 e. The van der Waals surface area contributed by atoms with Crippen LogP contribution in [0.4, 0.5) is 10.5 Å². The van der Waals surface area contributed by atoms with Crippen LogP contribution in [-0.4, -0.2) is 29.3 Å². The normalized spacial score (nSPS) is 12.9. The Kier molecular flexibility index (Phi) is 4.44. The Morgan fingerprint density at radius 2 is 2.14 bits per heavy atom. The number of aromatic nitrogens is 1. The number of alkyl carbamates (subject to hydrolysis) is 1. The molecule has 0 saturated carbocycles. The minimum Gasteiger partial charge on any atom is -0.444 e. The van der Waals surface area contributed by atoms with Gasteiger partial charge in [0.1, 0.15) is 5.60 Å². The van der Waals surface area contributed by atoms with Crippen molar-refractivity contribution in [1.29, 1.82) is 0 Å². The molecule has 0 bridgehead atoms. The second kappa shape index (κ2) is 6.13. The van der Waals surface area contributed by atoms with Crippen molar-refractivity contribution in [1.82, 2.24) is 10.3 Å². The molecule has 0 fully saturated rings. The first-order valence-corrected chi connectivity index (χ1v) is 7.09. The number of rotatable bonds is 4. The number of carbonyl (C=O) groups excluding carboxylic acids is 1. The Bertz CT molecular complexity index is 711. The van der Waals surface area contributed by atoms with Gasteiger partial charge in [0.15, 0.2) is 5.58 Å². The van der Waals surface area contributed by atoms with Gasteiger partial charge in [-0.05, 0) is 45.9 Å². The second-order valence-corrected chi connectivity index (χ2v) is 6.15. The van der Waals surface area contributed by atoms with Crippen LogP contribution in [0.15, 0.2) is 27.4 Å². The Labute approximate surface area is 128 Å². The van der Waals surface area contributed by atoms with Gasteiger partial charge < -0.3 is 19.8 Å². The molecule has 0 aliphatic heterocycles. The first kappa shape index (κ1) is 15.9. The van der Waals surface area contributed by atoms with Gasteiger partial charge in [0.2, 0.25) is 0 Å². The first-order chi connectivity index (χ1) is 10.2. The molecule has 0 spiro atoms. The zero-order valence-electron chi connectivity index (χ0n) is 13.1. The van der Waals surface area contributed by atoms with Crippen molar-refractivity contribution in [3.05, 3.63) is 28.7 Å². The maximum absolute atomic E-state index is 11.6. The molecule has 0 radical (unpaired) electrons. The fourth-order valence-electron chi connectivity index (χ4n) is 1.93. The molecule has 7 nitrogen and oxygen atoms in total. The number of ether oxygens (including phenoxy) is 1. The van der Waals surface area contributed by atoms with Crippen molar-refractivity contribution < 1.29 is 13.9 Å². The van der Waals surface area contributed by atoms with Gasteiger partial charge in [-0.1, -0.05) is 0 Å². The van der Waals surface area contributed by atoms with E-state index in [9.17, 15) is 9.59 Å². The lowest BCUT2D eigenvalue weighted by molar-refractivity contribution is 0.0526. The van der Waals surface area contributed by atoms with Crippen LogP contribution in [0.1, 0.15) is 27.7 Å². The zero-order valence-corrected chi connectivity index (χ0v) is 13.1. The third kappa shape index (κ3) is 4.54. The predicted octanol–water partition coefficient (Wildman–Crippen LogP) is 2.45. The molecule has 120 valence electrons. The van der Waals surface area contributed by atoms with Crippen LogP contribution in [0.25, 0.3) is 11.1 Å². The highest BCUT2D eigenvalue weighted by molar-refractivity contribution is 5.76. The van der Waals surface area contributed by atoms with E-state index in [-0.39, 0.29) is 6.04 Å². The van der Waals surface area contributed by atoms with Gasteiger partial charge in [0.25, 0.3) is 0 Å². The van der Waals surface area contributed by atoms with E-state index in [1.165, 1.54) is 0 Å². The molecule has 0 aliphatic rings. The van der Waals surface area contributed by atoms with E-state index in [0.717, 1.165) is 5.69 Å². The summed E-state index contributed by atoms with van der Waals surface area (Å²) in [6.07, 6.45) is -0.448. The predicted molar refractivity (Wildman–Crippen MR) is 84.2 cm³/mol. The zero-order chi connectivity index (χ0) is 16.3. The van der Waals surface area contributed by atoms with Crippen LogP contribution >= 0.6 is 0 Å². The van der Waals surface area contributed by atoms with Crippen LogP contribution in [0, 0.1) is 0 Å². The molecule has 1 heterocycles. The largest absolute Gasteiger partial charge is 0.444 e. The summed E-state index contributed by atoms with van der Waals surface area (Å²) >= 11 is 0. The van der Waals surface area contributed by atoms with Gasteiger partial charge in [0.05, 0.1) is 5.52 Å². The third-order valence-electron chi connectivity index (χ3n) is 2.78. The number of oxazole rings is 1. The van der Waals surface area contributed by atoms with Crippen LogP contribution in [0.3, 0.4) is 0 Å². The lowest BCUT2D eigenvalue weighted by Gasteiger charge is -2.21. The fourth-order valence-corrected chi connectivity index (χ4v) is 1.93. The van der Waals surface area contributed by atoms with Gasteiger partial charge in [0, 0.05) is 18.3 Å². The van der Waals surface area contributed by atoms with Gasteiger partial charge in [-0.25, -0.2) is 9.59 Å². The van der Waals surface area contributed by atoms with Crippen LogP contribution in [-0.2, 0) is 4.74 Å². The van der Waals surface area contributed by atoms with E-state index in [1.54, 1.807) is 12.1 Å². The molecule has 3 N–H and O–H groups in total. The number of hydrogen-bond acceptors (Lipinski definition) is 5.